The molecule has 0 atom stereocenters. The molecule has 0 bridgehead atoms. The van der Waals surface area contributed by atoms with Crippen molar-refractivity contribution in [2.45, 2.75) is 38.0 Å². The number of alkyl halides is 6. The van der Waals surface area contributed by atoms with Crippen LogP contribution in [0.3, 0.4) is 0 Å². The number of aromatic nitrogens is 2. The average molecular weight is 590 g/mol. The van der Waals surface area contributed by atoms with Gasteiger partial charge in [0.25, 0.3) is 0 Å². The van der Waals surface area contributed by atoms with Crippen molar-refractivity contribution in [3.8, 4) is 22.3 Å². The van der Waals surface area contributed by atoms with E-state index in [1.54, 1.807) is 6.20 Å². The Labute approximate surface area is 233 Å². The number of hydrogen-bond acceptors (Lipinski definition) is 4. The van der Waals surface area contributed by atoms with Crippen LogP contribution in [0.1, 0.15) is 55.8 Å². The maximum Gasteiger partial charge on any atom is 0.419 e. The number of hydrogen-bond donors (Lipinski definition) is 0. The molecule has 0 spiro atoms. The summed E-state index contributed by atoms with van der Waals surface area (Å²) in [4.78, 5) is 31.4. The third-order valence-corrected chi connectivity index (χ3v) is 7.06. The van der Waals surface area contributed by atoms with Gasteiger partial charge in [-0.15, -0.1) is 0 Å². The summed E-state index contributed by atoms with van der Waals surface area (Å²) >= 11 is 0. The second-order valence-electron chi connectivity index (χ2n) is 9.67. The van der Waals surface area contributed by atoms with Crippen molar-refractivity contribution < 1.29 is 44.7 Å². The summed E-state index contributed by atoms with van der Waals surface area (Å²) in [6, 6.07) is 5.39. The summed E-state index contributed by atoms with van der Waals surface area (Å²) in [5.41, 5.74) is 1.14. The highest BCUT2D eigenvalue weighted by atomic mass is 19.4. The summed E-state index contributed by atoms with van der Waals surface area (Å²) < 4.78 is 103. The van der Waals surface area contributed by atoms with Crippen LogP contribution in [0.2, 0.25) is 0 Å². The number of aryl methyl sites for hydroxylation is 1. The molecule has 4 nitrogen and oxygen atoms in total. The molecule has 12 heteroatoms. The van der Waals surface area contributed by atoms with Gasteiger partial charge in [-0.1, -0.05) is 12.1 Å². The van der Waals surface area contributed by atoms with E-state index in [4.69, 9.17) is 0 Å². The van der Waals surface area contributed by atoms with E-state index in [-0.39, 0.29) is 17.1 Å². The first-order chi connectivity index (χ1) is 19.8. The molecule has 0 N–H and O–H groups in total. The monoisotopic (exact) mass is 590 g/mol. The average Bonchev–Trinajstić information content (AvgIpc) is 3.50. The second-order valence-corrected chi connectivity index (χ2v) is 9.67. The summed E-state index contributed by atoms with van der Waals surface area (Å²) in [6.45, 7) is 0. The fraction of sp³-hybridized carbons (Fsp3) is 0.200. The molecule has 0 aliphatic heterocycles. The second kappa shape index (κ2) is 10.7. The zero-order valence-corrected chi connectivity index (χ0v) is 21.3. The number of carbonyl (C=O) groups excluding carboxylic acids is 2. The first-order valence-corrected chi connectivity index (χ1v) is 12.5. The topological polar surface area (TPSA) is 59.9 Å². The molecular formula is C30H18F8N2O2. The lowest BCUT2D eigenvalue weighted by Gasteiger charge is -2.11. The summed E-state index contributed by atoms with van der Waals surface area (Å²) in [7, 11) is 0. The Morgan fingerprint density at radius 2 is 1.07 bits per heavy atom. The van der Waals surface area contributed by atoms with E-state index in [9.17, 15) is 44.7 Å². The minimum Gasteiger partial charge on any atom is -0.294 e. The van der Waals surface area contributed by atoms with Crippen LogP contribution < -0.4 is 0 Å². The van der Waals surface area contributed by atoms with E-state index < -0.39 is 35.1 Å². The van der Waals surface area contributed by atoms with Crippen LogP contribution >= 0.6 is 0 Å². The normalized spacial score (nSPS) is 14.4. The van der Waals surface area contributed by atoms with E-state index in [0.29, 0.717) is 71.2 Å². The molecular weight excluding hydrogens is 572 g/mol. The Morgan fingerprint density at radius 1 is 0.571 bits per heavy atom. The molecule has 2 aliphatic rings. The smallest absolute Gasteiger partial charge is 0.294 e. The molecule has 42 heavy (non-hydrogen) atoms. The molecule has 216 valence electrons. The van der Waals surface area contributed by atoms with Crippen LogP contribution in [-0.2, 0) is 25.2 Å². The first kappa shape index (κ1) is 29.0. The number of Topliss-reactive ketones (excluding diaryl/α,β-unsaturated/α-hetero) is 2. The van der Waals surface area contributed by atoms with Gasteiger partial charge in [0.2, 0.25) is 0 Å². The number of pyridine rings is 2. The molecule has 0 fully saturated rings. The van der Waals surface area contributed by atoms with E-state index in [1.165, 1.54) is 24.7 Å². The highest BCUT2D eigenvalue weighted by Crippen LogP contribution is 2.37. The van der Waals surface area contributed by atoms with Crippen molar-refractivity contribution in [3.05, 3.63) is 106 Å². The van der Waals surface area contributed by atoms with Gasteiger partial charge < -0.3 is 0 Å². The number of ketones is 2. The van der Waals surface area contributed by atoms with Crippen molar-refractivity contribution in [1.29, 1.82) is 0 Å². The molecule has 6 rings (SSSR count). The molecule has 2 aromatic carbocycles. The summed E-state index contributed by atoms with van der Waals surface area (Å²) in [5, 5.41) is 0. The van der Waals surface area contributed by atoms with Crippen LogP contribution in [0.4, 0.5) is 35.1 Å². The third kappa shape index (κ3) is 5.53. The number of fused-ring (bicyclic) bond motifs is 2. The quantitative estimate of drug-likeness (QED) is 0.222. The highest BCUT2D eigenvalue weighted by Gasteiger charge is 2.35. The van der Waals surface area contributed by atoms with Crippen molar-refractivity contribution in [3.63, 3.8) is 0 Å². The van der Waals surface area contributed by atoms with Gasteiger partial charge in [0, 0.05) is 59.9 Å². The predicted molar refractivity (Wildman–Crippen MR) is 135 cm³/mol. The molecule has 0 unspecified atom stereocenters. The van der Waals surface area contributed by atoms with E-state index in [1.807, 2.05) is 0 Å². The van der Waals surface area contributed by atoms with Crippen molar-refractivity contribution in [2.75, 3.05) is 0 Å². The number of halogens is 8. The Kier molecular flexibility index (Phi) is 7.42. The van der Waals surface area contributed by atoms with Crippen LogP contribution in [0, 0.1) is 11.6 Å². The Morgan fingerprint density at radius 3 is 1.64 bits per heavy atom. The molecule has 2 aliphatic carbocycles. The lowest BCUT2D eigenvalue weighted by Crippen LogP contribution is -2.08. The molecule has 0 saturated carbocycles. The van der Waals surface area contributed by atoms with Crippen LogP contribution in [0.25, 0.3) is 22.3 Å². The zero-order valence-electron chi connectivity index (χ0n) is 21.3. The van der Waals surface area contributed by atoms with E-state index >= 15 is 0 Å². The van der Waals surface area contributed by atoms with Gasteiger partial charge in [-0.25, -0.2) is 8.78 Å². The lowest BCUT2D eigenvalue weighted by molar-refractivity contribution is -0.140. The van der Waals surface area contributed by atoms with Gasteiger partial charge in [0.05, 0.1) is 11.1 Å². The lowest BCUT2D eigenvalue weighted by atomic mass is 9.98. The Hall–Kier alpha value is -4.48. The van der Waals surface area contributed by atoms with Gasteiger partial charge in [-0.2, -0.15) is 26.3 Å². The van der Waals surface area contributed by atoms with Gasteiger partial charge >= 0.3 is 12.4 Å². The van der Waals surface area contributed by atoms with Crippen molar-refractivity contribution in [1.82, 2.24) is 9.97 Å². The van der Waals surface area contributed by atoms with E-state index in [2.05, 4.69) is 9.97 Å². The highest BCUT2D eigenvalue weighted by molar-refractivity contribution is 6.06. The van der Waals surface area contributed by atoms with Crippen molar-refractivity contribution in [2.24, 2.45) is 0 Å². The van der Waals surface area contributed by atoms with E-state index in [0.717, 1.165) is 23.8 Å². The minimum atomic E-state index is -4.74. The molecule has 4 aromatic rings. The standard InChI is InChI=1S/2C15H9F4NO/c16-13-5-8(1-3-12(13)15(17,18)19)10-6-20-7-11-9(10)2-4-14(11)21;16-12-5-8(1-3-11(12)15(17,18)19)10-7-20-6-9-2-4-13(21)14(9)10/h2*1,3,5-7H,2,4H2. The Balaban J connectivity index is 0.000000168. The number of rotatable bonds is 2. The minimum absolute atomic E-state index is 0.0493. The van der Waals surface area contributed by atoms with Gasteiger partial charge in [-0.3, -0.25) is 19.6 Å². The van der Waals surface area contributed by atoms with Crippen LogP contribution in [-0.4, -0.2) is 21.5 Å². The first-order valence-electron chi connectivity index (χ1n) is 12.5. The zero-order chi connectivity index (χ0) is 30.4. The van der Waals surface area contributed by atoms with Crippen LogP contribution in [0.5, 0.6) is 0 Å². The summed E-state index contributed by atoms with van der Waals surface area (Å²) in [6.07, 6.45) is -1.91. The number of benzene rings is 2. The molecule has 0 saturated heterocycles. The van der Waals surface area contributed by atoms with Gasteiger partial charge in [0.1, 0.15) is 11.6 Å². The van der Waals surface area contributed by atoms with Crippen LogP contribution in [0.15, 0.2) is 61.2 Å². The van der Waals surface area contributed by atoms with Gasteiger partial charge in [0.15, 0.2) is 11.6 Å². The number of carbonyl (C=O) groups is 2. The maximum atomic E-state index is 13.7. The van der Waals surface area contributed by atoms with Crippen molar-refractivity contribution >= 4 is 11.6 Å². The molecule has 2 heterocycles. The predicted octanol–water partition coefficient (Wildman–Crippen LogP) is 8.07. The third-order valence-electron chi connectivity index (χ3n) is 7.06. The summed E-state index contributed by atoms with van der Waals surface area (Å²) in [5.74, 6) is -2.83. The number of nitrogens with zero attached hydrogens (tertiary/aromatic N) is 2. The fourth-order valence-electron chi connectivity index (χ4n) is 5.06. The van der Waals surface area contributed by atoms with Gasteiger partial charge in [-0.05, 0) is 59.4 Å². The molecule has 0 amide bonds. The SMILES string of the molecule is O=C1CCc2c1cncc2-c1ccc(C(F)(F)F)c(F)c1.O=C1CCc2cncc(-c3ccc(C(F)(F)F)c(F)c3)c21. The Bertz CT molecular complexity index is 1730. The molecule has 0 radical (unpaired) electrons. The fourth-order valence-corrected chi connectivity index (χ4v) is 5.06. The maximum absolute atomic E-state index is 13.7. The molecule has 2 aromatic heterocycles. The largest absolute Gasteiger partial charge is 0.419 e.